The van der Waals surface area contributed by atoms with Gasteiger partial charge < -0.3 is 5.11 Å². The zero-order chi connectivity index (χ0) is 12.5. The highest BCUT2D eigenvalue weighted by atomic mass is 16.4. The monoisotopic (exact) mass is 244 g/mol. The second-order valence-corrected chi connectivity index (χ2v) is 5.74. The number of hydrogen-bond donors (Lipinski definition) is 1. The van der Waals surface area contributed by atoms with E-state index in [2.05, 4.69) is 24.3 Å². The van der Waals surface area contributed by atoms with Crippen molar-refractivity contribution in [3.8, 4) is 0 Å². The van der Waals surface area contributed by atoms with Gasteiger partial charge >= 0.3 is 5.97 Å². The molecule has 2 saturated carbocycles. The number of carbonyl (C=O) groups is 1. The minimum absolute atomic E-state index is 0.161. The van der Waals surface area contributed by atoms with Crippen LogP contribution in [0.3, 0.4) is 0 Å². The van der Waals surface area contributed by atoms with Crippen LogP contribution in [0.25, 0.3) is 0 Å². The summed E-state index contributed by atoms with van der Waals surface area (Å²) < 4.78 is 0. The van der Waals surface area contributed by atoms with Crippen LogP contribution < -0.4 is 0 Å². The first kappa shape index (κ1) is 11.8. The molecule has 0 amide bonds. The molecule has 2 nitrogen and oxygen atoms in total. The zero-order valence-electron chi connectivity index (χ0n) is 10.6. The summed E-state index contributed by atoms with van der Waals surface area (Å²) in [5, 5.41) is 9.35. The van der Waals surface area contributed by atoms with Crippen molar-refractivity contribution >= 4 is 5.97 Å². The Labute approximate surface area is 108 Å². The van der Waals surface area contributed by atoms with Crippen molar-refractivity contribution in [3.63, 3.8) is 0 Å². The molecule has 2 heteroatoms. The van der Waals surface area contributed by atoms with Crippen molar-refractivity contribution in [3.05, 3.63) is 35.4 Å². The molecular weight excluding hydrogens is 224 g/mol. The van der Waals surface area contributed by atoms with E-state index in [0.717, 1.165) is 19.3 Å². The molecule has 0 radical (unpaired) electrons. The summed E-state index contributed by atoms with van der Waals surface area (Å²) in [6.07, 6.45) is 6.83. The lowest BCUT2D eigenvalue weighted by Gasteiger charge is -2.30. The van der Waals surface area contributed by atoms with Gasteiger partial charge in [0.2, 0.25) is 0 Å². The maximum Gasteiger partial charge on any atom is 0.307 e. The van der Waals surface area contributed by atoms with E-state index < -0.39 is 5.97 Å². The SMILES string of the molecule is O=C(O)C1CCCC1c1ccccc1C1CCC1. The lowest BCUT2D eigenvalue weighted by atomic mass is 9.74. The molecule has 2 unspecified atom stereocenters. The van der Waals surface area contributed by atoms with Gasteiger partial charge in [-0.1, -0.05) is 37.1 Å². The Hall–Kier alpha value is -1.31. The van der Waals surface area contributed by atoms with Gasteiger partial charge in [-0.25, -0.2) is 0 Å². The van der Waals surface area contributed by atoms with Crippen LogP contribution in [0.1, 0.15) is 61.5 Å². The number of benzene rings is 1. The maximum atomic E-state index is 11.3. The molecule has 0 bridgehead atoms. The van der Waals surface area contributed by atoms with Gasteiger partial charge in [-0.15, -0.1) is 0 Å². The van der Waals surface area contributed by atoms with Crippen LogP contribution in [-0.4, -0.2) is 11.1 Å². The van der Waals surface area contributed by atoms with E-state index >= 15 is 0 Å². The van der Waals surface area contributed by atoms with Crippen molar-refractivity contribution in [1.82, 2.24) is 0 Å². The molecule has 2 aliphatic carbocycles. The average Bonchev–Trinajstić information content (AvgIpc) is 2.76. The van der Waals surface area contributed by atoms with Gasteiger partial charge in [0.25, 0.3) is 0 Å². The molecule has 2 atom stereocenters. The number of aliphatic carboxylic acids is 1. The fraction of sp³-hybridized carbons (Fsp3) is 0.562. The Bertz CT molecular complexity index is 448. The predicted molar refractivity (Wildman–Crippen MR) is 70.8 cm³/mol. The smallest absolute Gasteiger partial charge is 0.307 e. The minimum Gasteiger partial charge on any atom is -0.481 e. The fourth-order valence-electron chi connectivity index (χ4n) is 3.57. The molecule has 2 aliphatic rings. The van der Waals surface area contributed by atoms with E-state index in [0.29, 0.717) is 5.92 Å². The normalized spacial score (nSPS) is 28.0. The Morgan fingerprint density at radius 2 is 1.67 bits per heavy atom. The van der Waals surface area contributed by atoms with Crippen LogP contribution in [0, 0.1) is 5.92 Å². The summed E-state index contributed by atoms with van der Waals surface area (Å²) in [5.74, 6) is 0.169. The lowest BCUT2D eigenvalue weighted by Crippen LogP contribution is -2.20. The van der Waals surface area contributed by atoms with Crippen LogP contribution in [0.2, 0.25) is 0 Å². The maximum absolute atomic E-state index is 11.3. The van der Waals surface area contributed by atoms with E-state index in [1.807, 2.05) is 0 Å². The van der Waals surface area contributed by atoms with Gasteiger partial charge in [-0.3, -0.25) is 4.79 Å². The number of rotatable bonds is 3. The topological polar surface area (TPSA) is 37.3 Å². The van der Waals surface area contributed by atoms with Gasteiger partial charge in [0.15, 0.2) is 0 Å². The second kappa shape index (κ2) is 4.75. The van der Waals surface area contributed by atoms with Crippen LogP contribution in [0.15, 0.2) is 24.3 Å². The highest BCUT2D eigenvalue weighted by Gasteiger charge is 2.36. The zero-order valence-corrected chi connectivity index (χ0v) is 10.6. The summed E-state index contributed by atoms with van der Waals surface area (Å²) in [4.78, 5) is 11.3. The largest absolute Gasteiger partial charge is 0.481 e. The van der Waals surface area contributed by atoms with Gasteiger partial charge in [0.05, 0.1) is 5.92 Å². The van der Waals surface area contributed by atoms with Crippen molar-refractivity contribution in [2.24, 2.45) is 5.92 Å². The molecule has 96 valence electrons. The Morgan fingerprint density at radius 3 is 2.28 bits per heavy atom. The van der Waals surface area contributed by atoms with Gasteiger partial charge in [-0.05, 0) is 48.6 Å². The third-order valence-electron chi connectivity index (χ3n) is 4.77. The van der Waals surface area contributed by atoms with Crippen molar-refractivity contribution in [2.75, 3.05) is 0 Å². The molecule has 0 heterocycles. The Balaban J connectivity index is 1.93. The molecule has 1 aromatic carbocycles. The number of carboxylic acid groups (broad SMARTS) is 1. The van der Waals surface area contributed by atoms with Crippen LogP contribution in [-0.2, 0) is 4.79 Å². The van der Waals surface area contributed by atoms with Gasteiger partial charge in [-0.2, -0.15) is 0 Å². The first-order valence-electron chi connectivity index (χ1n) is 7.09. The highest BCUT2D eigenvalue weighted by molar-refractivity contribution is 5.72. The van der Waals surface area contributed by atoms with Crippen molar-refractivity contribution in [1.29, 1.82) is 0 Å². The van der Waals surface area contributed by atoms with E-state index in [1.165, 1.54) is 30.4 Å². The van der Waals surface area contributed by atoms with Gasteiger partial charge in [0, 0.05) is 0 Å². The van der Waals surface area contributed by atoms with Gasteiger partial charge in [0.1, 0.15) is 0 Å². The summed E-state index contributed by atoms with van der Waals surface area (Å²) >= 11 is 0. The first-order chi connectivity index (χ1) is 8.77. The summed E-state index contributed by atoms with van der Waals surface area (Å²) in [5.41, 5.74) is 2.76. The summed E-state index contributed by atoms with van der Waals surface area (Å²) in [6.45, 7) is 0. The third kappa shape index (κ3) is 1.94. The van der Waals surface area contributed by atoms with Crippen molar-refractivity contribution in [2.45, 2.75) is 50.4 Å². The molecule has 1 N–H and O–H groups in total. The number of hydrogen-bond acceptors (Lipinski definition) is 1. The van der Waals surface area contributed by atoms with Crippen molar-refractivity contribution < 1.29 is 9.90 Å². The molecule has 0 aliphatic heterocycles. The quantitative estimate of drug-likeness (QED) is 0.875. The summed E-state index contributed by atoms with van der Waals surface area (Å²) in [7, 11) is 0. The average molecular weight is 244 g/mol. The molecular formula is C16H20O2. The molecule has 3 rings (SSSR count). The van der Waals surface area contributed by atoms with Crippen LogP contribution in [0.4, 0.5) is 0 Å². The molecule has 0 spiro atoms. The predicted octanol–water partition coefficient (Wildman–Crippen LogP) is 3.92. The lowest BCUT2D eigenvalue weighted by molar-refractivity contribution is -0.142. The van der Waals surface area contributed by atoms with E-state index in [4.69, 9.17) is 0 Å². The fourth-order valence-corrected chi connectivity index (χ4v) is 3.57. The highest BCUT2D eigenvalue weighted by Crippen LogP contribution is 2.46. The molecule has 2 fully saturated rings. The molecule has 18 heavy (non-hydrogen) atoms. The second-order valence-electron chi connectivity index (χ2n) is 5.74. The Morgan fingerprint density at radius 1 is 1.00 bits per heavy atom. The van der Waals surface area contributed by atoms with Crippen LogP contribution in [0.5, 0.6) is 0 Å². The summed E-state index contributed by atoms with van der Waals surface area (Å²) in [6, 6.07) is 8.55. The van der Waals surface area contributed by atoms with E-state index in [9.17, 15) is 9.90 Å². The molecule has 0 aromatic heterocycles. The Kier molecular flexibility index (Phi) is 3.11. The molecule has 1 aromatic rings. The number of carboxylic acids is 1. The minimum atomic E-state index is -0.610. The molecule has 0 saturated heterocycles. The third-order valence-corrected chi connectivity index (χ3v) is 4.77. The van der Waals surface area contributed by atoms with E-state index in [-0.39, 0.29) is 11.8 Å². The van der Waals surface area contributed by atoms with E-state index in [1.54, 1.807) is 0 Å². The van der Waals surface area contributed by atoms with Crippen LogP contribution >= 0.6 is 0 Å². The first-order valence-corrected chi connectivity index (χ1v) is 7.09. The standard InChI is InChI=1S/C16H20O2/c17-16(18)15-10-4-9-14(15)13-8-2-1-7-12(13)11-5-3-6-11/h1-2,7-8,11,14-15H,3-6,9-10H2,(H,17,18).